The summed E-state index contributed by atoms with van der Waals surface area (Å²) in [6, 6.07) is 11.7. The van der Waals surface area contributed by atoms with Crippen LogP contribution < -0.4 is 10.1 Å². The van der Waals surface area contributed by atoms with E-state index in [0.717, 1.165) is 12.1 Å². The zero-order valence-corrected chi connectivity index (χ0v) is 13.1. The first-order valence-electron chi connectivity index (χ1n) is 7.19. The maximum atomic E-state index is 12.4. The number of carbonyl (C=O) groups excluding carboxylic acids is 2. The highest BCUT2D eigenvalue weighted by Gasteiger charge is 2.31. The second kappa shape index (κ2) is 7.65. The number of ether oxygens (including phenoxy) is 1. The smallest absolute Gasteiger partial charge is 0.405 e. The summed E-state index contributed by atoms with van der Waals surface area (Å²) in [6.07, 6.45) is -2.43. The Morgan fingerprint density at radius 3 is 2.48 bits per heavy atom. The number of halogens is 3. The molecule has 0 saturated heterocycles. The van der Waals surface area contributed by atoms with Gasteiger partial charge in [-0.2, -0.15) is 0 Å². The lowest BCUT2D eigenvalue weighted by Gasteiger charge is -2.10. The molecule has 2 rings (SSSR count). The molecule has 0 aliphatic carbocycles. The quantitative estimate of drug-likeness (QED) is 0.641. The van der Waals surface area contributed by atoms with Crippen molar-refractivity contribution in [1.82, 2.24) is 0 Å². The van der Waals surface area contributed by atoms with Gasteiger partial charge in [0.15, 0.2) is 5.78 Å². The van der Waals surface area contributed by atoms with Crippen molar-refractivity contribution in [3.05, 3.63) is 65.7 Å². The lowest BCUT2D eigenvalue weighted by molar-refractivity contribution is -0.274. The molecule has 0 bridgehead atoms. The molecule has 0 atom stereocenters. The molecule has 7 heteroatoms. The Hall–Kier alpha value is -3.09. The molecule has 0 aliphatic rings. The van der Waals surface area contributed by atoms with Crippen LogP contribution in [0.15, 0.2) is 54.6 Å². The summed E-state index contributed by atoms with van der Waals surface area (Å²) < 4.78 is 41.1. The standard InChI is InChI=1S/C18H14F3NO3/c1-12(23)22-15-7-4-6-14(11-15)16(24)10-9-13-5-2-3-8-17(13)25-18(19,20)21/h2-11H,1H3,(H,22,23)/b10-9+. The first-order chi connectivity index (χ1) is 11.7. The fraction of sp³-hybridized carbons (Fsp3) is 0.111. The van der Waals surface area contributed by atoms with Crippen molar-refractivity contribution in [3.63, 3.8) is 0 Å². The first-order valence-corrected chi connectivity index (χ1v) is 7.19. The maximum absolute atomic E-state index is 12.4. The van der Waals surface area contributed by atoms with E-state index in [-0.39, 0.29) is 17.0 Å². The average Bonchev–Trinajstić information content (AvgIpc) is 2.52. The van der Waals surface area contributed by atoms with Crippen LogP contribution in [0.5, 0.6) is 5.75 Å². The van der Waals surface area contributed by atoms with E-state index in [9.17, 15) is 22.8 Å². The van der Waals surface area contributed by atoms with Gasteiger partial charge in [0.25, 0.3) is 0 Å². The zero-order valence-electron chi connectivity index (χ0n) is 13.1. The molecule has 0 radical (unpaired) electrons. The number of amides is 1. The number of hydrogen-bond acceptors (Lipinski definition) is 3. The fourth-order valence-electron chi connectivity index (χ4n) is 2.05. The Balaban J connectivity index is 2.20. The molecule has 2 aromatic carbocycles. The van der Waals surface area contributed by atoms with Crippen LogP contribution in [0.2, 0.25) is 0 Å². The summed E-state index contributed by atoms with van der Waals surface area (Å²) >= 11 is 0. The number of hydrogen-bond donors (Lipinski definition) is 1. The van der Waals surface area contributed by atoms with Crippen molar-refractivity contribution >= 4 is 23.5 Å². The highest BCUT2D eigenvalue weighted by Crippen LogP contribution is 2.27. The van der Waals surface area contributed by atoms with Gasteiger partial charge in [0.2, 0.25) is 5.91 Å². The van der Waals surface area contributed by atoms with E-state index in [1.165, 1.54) is 43.3 Å². The lowest BCUT2D eigenvalue weighted by atomic mass is 10.1. The normalized spacial score (nSPS) is 11.4. The van der Waals surface area contributed by atoms with Gasteiger partial charge in [-0.3, -0.25) is 9.59 Å². The molecule has 0 heterocycles. The summed E-state index contributed by atoms with van der Waals surface area (Å²) in [5.41, 5.74) is 0.857. The Bertz CT molecular complexity index is 813. The first kappa shape index (κ1) is 18.3. The molecular weight excluding hydrogens is 335 g/mol. The van der Waals surface area contributed by atoms with Gasteiger partial charge in [0.1, 0.15) is 5.75 Å². The Morgan fingerprint density at radius 2 is 1.80 bits per heavy atom. The molecule has 0 fully saturated rings. The minimum absolute atomic E-state index is 0.117. The van der Waals surface area contributed by atoms with Gasteiger partial charge in [-0.15, -0.1) is 13.2 Å². The predicted molar refractivity (Wildman–Crippen MR) is 87.2 cm³/mol. The number of ketones is 1. The topological polar surface area (TPSA) is 55.4 Å². The van der Waals surface area contributed by atoms with E-state index in [1.807, 2.05) is 0 Å². The van der Waals surface area contributed by atoms with Crippen molar-refractivity contribution in [1.29, 1.82) is 0 Å². The van der Waals surface area contributed by atoms with E-state index in [0.29, 0.717) is 5.69 Å². The summed E-state index contributed by atoms with van der Waals surface area (Å²) in [7, 11) is 0. The van der Waals surface area contributed by atoms with Crippen LogP contribution in [0, 0.1) is 0 Å². The molecule has 1 amide bonds. The van der Waals surface area contributed by atoms with Crippen LogP contribution in [0.4, 0.5) is 18.9 Å². The lowest BCUT2D eigenvalue weighted by Crippen LogP contribution is -2.17. The Kier molecular flexibility index (Phi) is 5.59. The minimum atomic E-state index is -4.82. The summed E-state index contributed by atoms with van der Waals surface area (Å²) in [5, 5.41) is 2.55. The summed E-state index contributed by atoms with van der Waals surface area (Å²) in [6.45, 7) is 1.34. The molecule has 1 N–H and O–H groups in total. The van der Waals surface area contributed by atoms with Gasteiger partial charge in [-0.1, -0.05) is 30.3 Å². The number of rotatable bonds is 5. The van der Waals surface area contributed by atoms with Gasteiger partial charge in [0.05, 0.1) is 0 Å². The number of nitrogens with one attached hydrogen (secondary N) is 1. The van der Waals surface area contributed by atoms with Gasteiger partial charge >= 0.3 is 6.36 Å². The Labute approximate surface area is 141 Å². The van der Waals surface area contributed by atoms with Gasteiger partial charge in [0, 0.05) is 23.7 Å². The van der Waals surface area contributed by atoms with Crippen molar-refractivity contribution in [2.45, 2.75) is 13.3 Å². The molecule has 0 aliphatic heterocycles. The van der Waals surface area contributed by atoms with Crippen molar-refractivity contribution in [2.75, 3.05) is 5.32 Å². The van der Waals surface area contributed by atoms with E-state index >= 15 is 0 Å². The van der Waals surface area contributed by atoms with Crippen LogP contribution in [0.25, 0.3) is 6.08 Å². The molecule has 0 saturated carbocycles. The van der Waals surface area contributed by atoms with Crippen LogP contribution in [-0.2, 0) is 4.79 Å². The molecule has 0 unspecified atom stereocenters. The highest BCUT2D eigenvalue weighted by atomic mass is 19.4. The highest BCUT2D eigenvalue weighted by molar-refractivity contribution is 6.07. The van der Waals surface area contributed by atoms with Gasteiger partial charge < -0.3 is 10.1 Å². The van der Waals surface area contributed by atoms with Crippen molar-refractivity contribution < 1.29 is 27.5 Å². The van der Waals surface area contributed by atoms with E-state index in [1.54, 1.807) is 12.1 Å². The second-order valence-corrected chi connectivity index (χ2v) is 5.05. The molecular formula is C18H14F3NO3. The summed E-state index contributed by atoms with van der Waals surface area (Å²) in [5.74, 6) is -1.10. The van der Waals surface area contributed by atoms with Crippen LogP contribution >= 0.6 is 0 Å². The van der Waals surface area contributed by atoms with Crippen molar-refractivity contribution in [3.8, 4) is 5.75 Å². The molecule has 0 spiro atoms. The molecule has 4 nitrogen and oxygen atoms in total. The van der Waals surface area contributed by atoms with E-state index in [4.69, 9.17) is 0 Å². The minimum Gasteiger partial charge on any atom is -0.405 e. The molecule has 130 valence electrons. The summed E-state index contributed by atoms with van der Waals surface area (Å²) in [4.78, 5) is 23.2. The number of allylic oxidation sites excluding steroid dienone is 1. The molecule has 2 aromatic rings. The van der Waals surface area contributed by atoms with Crippen LogP contribution in [0.3, 0.4) is 0 Å². The number of alkyl halides is 3. The number of benzene rings is 2. The van der Waals surface area contributed by atoms with Crippen LogP contribution in [0.1, 0.15) is 22.8 Å². The van der Waals surface area contributed by atoms with Crippen LogP contribution in [-0.4, -0.2) is 18.1 Å². The molecule has 25 heavy (non-hydrogen) atoms. The van der Waals surface area contributed by atoms with E-state index in [2.05, 4.69) is 10.1 Å². The zero-order chi connectivity index (χ0) is 18.4. The second-order valence-electron chi connectivity index (χ2n) is 5.05. The third-order valence-corrected chi connectivity index (χ3v) is 3.03. The predicted octanol–water partition coefficient (Wildman–Crippen LogP) is 4.44. The maximum Gasteiger partial charge on any atom is 0.573 e. The van der Waals surface area contributed by atoms with E-state index < -0.39 is 17.9 Å². The van der Waals surface area contributed by atoms with Gasteiger partial charge in [-0.05, 0) is 30.4 Å². The Morgan fingerprint density at radius 1 is 1.08 bits per heavy atom. The number of para-hydroxylation sites is 1. The van der Waals surface area contributed by atoms with Gasteiger partial charge in [-0.25, -0.2) is 0 Å². The SMILES string of the molecule is CC(=O)Nc1cccc(C(=O)/C=C/c2ccccc2OC(F)(F)F)c1. The average molecular weight is 349 g/mol. The third-order valence-electron chi connectivity index (χ3n) is 3.03. The number of carbonyl (C=O) groups is 2. The largest absolute Gasteiger partial charge is 0.573 e. The van der Waals surface area contributed by atoms with Crippen molar-refractivity contribution in [2.24, 2.45) is 0 Å². The fourth-order valence-corrected chi connectivity index (χ4v) is 2.05. The monoisotopic (exact) mass is 349 g/mol. The number of anilines is 1. The third kappa shape index (κ3) is 5.80. The molecule has 0 aromatic heterocycles.